The van der Waals surface area contributed by atoms with Crippen molar-refractivity contribution in [3.05, 3.63) is 6.54 Å². The summed E-state index contributed by atoms with van der Waals surface area (Å²) in [6.45, 7) is -0.833. The van der Waals surface area contributed by atoms with Gasteiger partial charge in [0.15, 0.2) is 0 Å². The molecule has 4 heavy (non-hydrogen) atoms. The zero-order valence-corrected chi connectivity index (χ0v) is 1.69. The summed E-state index contributed by atoms with van der Waals surface area (Å²) in [5, 5.41) is 0. The van der Waals surface area contributed by atoms with Crippen molar-refractivity contribution in [2.75, 3.05) is 0 Å². The van der Waals surface area contributed by atoms with Gasteiger partial charge in [-0.25, -0.2) is 0 Å². The molecule has 1 rings (SSSR count). The number of hydrogen-bond donors (Lipinski definition) is 0. The summed E-state index contributed by atoms with van der Waals surface area (Å²) in [6.07, 6.45) is 0. The molecule has 3 heteroatoms. The Kier molecular flexibility index (Phi) is 0.219. The Hall–Kier alpha value is -0.150. The van der Waals surface area contributed by atoms with E-state index in [1.165, 1.54) is 0 Å². The van der Waals surface area contributed by atoms with Crippen molar-refractivity contribution in [1.29, 1.82) is 0 Å². The normalized spacial score (nSPS) is 26.2. The Balaban J connectivity index is 2.17. The van der Waals surface area contributed by atoms with Crippen LogP contribution in [0.5, 0.6) is 0 Å². The quantitative estimate of drug-likeness (QED) is 0.299. The van der Waals surface area contributed by atoms with Crippen LogP contribution in [-0.4, -0.2) is 0 Å². The highest BCUT2D eigenvalue weighted by Gasteiger charge is 2.28. The Morgan fingerprint density at radius 1 is 1.50 bits per heavy atom. The number of rotatable bonds is 0. The lowest BCUT2D eigenvalue weighted by atomic mass is 11.5. The predicted octanol–water partition coefficient (Wildman–Crippen LogP) is 0.365. The first-order valence-electron chi connectivity index (χ1n) is 0.764. The highest BCUT2D eigenvalue weighted by Crippen LogP contribution is 2.21. The maximum atomic E-state index is 10.6. The molecule has 1 aliphatic rings. The zero-order valence-electron chi connectivity index (χ0n) is 1.69. The smallest absolute Gasteiger partial charge is 0.166 e. The number of halogens is 1. The third kappa shape index (κ3) is 0.165. The predicted molar refractivity (Wildman–Crippen MR) is 6.52 cm³/mol. The van der Waals surface area contributed by atoms with E-state index in [9.17, 15) is 4.39 Å². The Bertz CT molecular complexity index is 25.2. The van der Waals surface area contributed by atoms with Gasteiger partial charge in [0.2, 0.25) is 0 Å². The van der Waals surface area contributed by atoms with Crippen molar-refractivity contribution < 1.29 is 14.2 Å². The first kappa shape index (κ1) is 2.11. The maximum Gasteiger partial charge on any atom is 0.466 e. The average molecular weight is 63.0 g/mol. The van der Waals surface area contributed by atoms with E-state index >= 15 is 0 Å². The third-order valence-corrected chi connectivity index (χ3v) is 0.146. The largest absolute Gasteiger partial charge is 0.466 e. The summed E-state index contributed by atoms with van der Waals surface area (Å²) in [5.74, 6) is 0. The molecule has 1 heterocycles. The molecule has 0 saturated carbocycles. The summed E-state index contributed by atoms with van der Waals surface area (Å²) < 4.78 is 10.6. The minimum Gasteiger partial charge on any atom is -0.166 e. The summed E-state index contributed by atoms with van der Waals surface area (Å²) >= 11 is 0. The molecule has 0 unspecified atom stereocenters. The molecule has 0 aromatic carbocycles. The van der Waals surface area contributed by atoms with Crippen molar-refractivity contribution in [3.8, 4) is 0 Å². The lowest BCUT2D eigenvalue weighted by Crippen LogP contribution is -1.36. The Morgan fingerprint density at radius 3 is 1.75 bits per heavy atom. The second kappa shape index (κ2) is 0.415. The molecular formula is CFO2. The SMILES string of the molecule is F[C]1OO1. The monoisotopic (exact) mass is 63.0 g/mol. The molecule has 23 valence electrons. The topological polar surface area (TPSA) is 25.1 Å². The number of hydrogen-bond acceptors (Lipinski definition) is 2. The lowest BCUT2D eigenvalue weighted by molar-refractivity contribution is 0.0850. The highest BCUT2D eigenvalue weighted by molar-refractivity contribution is 4.41. The van der Waals surface area contributed by atoms with E-state index in [1.54, 1.807) is 0 Å². The van der Waals surface area contributed by atoms with Gasteiger partial charge in [0.1, 0.15) is 0 Å². The summed E-state index contributed by atoms with van der Waals surface area (Å²) in [7, 11) is 0. The maximum absolute atomic E-state index is 10.6. The molecule has 0 amide bonds. The van der Waals surface area contributed by atoms with E-state index in [0.717, 1.165) is 0 Å². The standard InChI is InChI=1S/CFO2/c2-1-3-4-1. The molecule has 0 aromatic heterocycles. The van der Waals surface area contributed by atoms with E-state index in [1.807, 2.05) is 0 Å². The van der Waals surface area contributed by atoms with E-state index in [2.05, 4.69) is 9.78 Å². The molecule has 2 nitrogen and oxygen atoms in total. The van der Waals surface area contributed by atoms with Gasteiger partial charge in [0.05, 0.1) is 0 Å². The third-order valence-electron chi connectivity index (χ3n) is 0.146. The van der Waals surface area contributed by atoms with E-state index in [4.69, 9.17) is 0 Å². The van der Waals surface area contributed by atoms with Gasteiger partial charge in [0, 0.05) is 0 Å². The van der Waals surface area contributed by atoms with Crippen molar-refractivity contribution in [2.24, 2.45) is 0 Å². The van der Waals surface area contributed by atoms with E-state index < -0.39 is 6.54 Å². The molecule has 0 N–H and O–H groups in total. The molecule has 0 aromatic rings. The fourth-order valence-electron chi connectivity index (χ4n) is 0.0157. The average Bonchev–Trinajstić information content (AvgIpc) is 1.75. The van der Waals surface area contributed by atoms with E-state index in [0.29, 0.717) is 0 Å². The van der Waals surface area contributed by atoms with Crippen LogP contribution in [0.3, 0.4) is 0 Å². The second-order valence-electron chi connectivity index (χ2n) is 0.404. The molecule has 0 bridgehead atoms. The van der Waals surface area contributed by atoms with Gasteiger partial charge in [-0.1, -0.05) is 0 Å². The first-order valence-corrected chi connectivity index (χ1v) is 0.764. The van der Waals surface area contributed by atoms with Gasteiger partial charge in [-0.05, 0) is 0 Å². The molecule has 1 saturated heterocycles. The van der Waals surface area contributed by atoms with Gasteiger partial charge in [-0.2, -0.15) is 14.2 Å². The van der Waals surface area contributed by atoms with Crippen LogP contribution in [0.1, 0.15) is 0 Å². The van der Waals surface area contributed by atoms with Gasteiger partial charge < -0.3 is 0 Å². The summed E-state index contributed by atoms with van der Waals surface area (Å²) in [6, 6.07) is 0. The fourth-order valence-corrected chi connectivity index (χ4v) is 0.0157. The Labute approximate surface area is 22.1 Å². The minimum absolute atomic E-state index is 0.833. The summed E-state index contributed by atoms with van der Waals surface area (Å²) in [4.78, 5) is 6.92. The van der Waals surface area contributed by atoms with Crippen molar-refractivity contribution in [2.45, 2.75) is 0 Å². The highest BCUT2D eigenvalue weighted by atomic mass is 19.2. The van der Waals surface area contributed by atoms with Crippen LogP contribution in [0, 0.1) is 6.54 Å². The minimum atomic E-state index is -0.833. The van der Waals surface area contributed by atoms with Crippen LogP contribution in [0.15, 0.2) is 0 Å². The molecule has 1 radical (unpaired) electrons. The second-order valence-corrected chi connectivity index (χ2v) is 0.404. The summed E-state index contributed by atoms with van der Waals surface area (Å²) in [5.41, 5.74) is 0. The molecule has 1 fully saturated rings. The van der Waals surface area contributed by atoms with Crippen molar-refractivity contribution in [3.63, 3.8) is 0 Å². The molecular weight excluding hydrogens is 63.0 g/mol. The first-order chi connectivity index (χ1) is 1.89. The molecule has 0 spiro atoms. The zero-order chi connectivity index (χ0) is 2.99. The van der Waals surface area contributed by atoms with Gasteiger partial charge >= 0.3 is 6.54 Å². The van der Waals surface area contributed by atoms with Gasteiger partial charge in [-0.3, -0.25) is 0 Å². The molecule has 0 aliphatic carbocycles. The van der Waals surface area contributed by atoms with Crippen molar-refractivity contribution >= 4 is 0 Å². The van der Waals surface area contributed by atoms with Crippen LogP contribution in [0.25, 0.3) is 0 Å². The van der Waals surface area contributed by atoms with Crippen LogP contribution in [0.4, 0.5) is 4.39 Å². The lowest BCUT2D eigenvalue weighted by Gasteiger charge is -1.32. The van der Waals surface area contributed by atoms with Gasteiger partial charge in [-0.15, -0.1) is 0 Å². The fraction of sp³-hybridized carbons (Fsp3) is 0. The Morgan fingerprint density at radius 2 is 1.75 bits per heavy atom. The molecule has 1 aliphatic heterocycles. The van der Waals surface area contributed by atoms with Gasteiger partial charge in [0.25, 0.3) is 0 Å². The van der Waals surface area contributed by atoms with Crippen molar-refractivity contribution in [1.82, 2.24) is 0 Å². The van der Waals surface area contributed by atoms with E-state index in [-0.39, 0.29) is 0 Å². The van der Waals surface area contributed by atoms with Crippen LogP contribution in [-0.2, 0) is 9.78 Å². The van der Waals surface area contributed by atoms with Crippen LogP contribution >= 0.6 is 0 Å². The molecule has 0 atom stereocenters. The van der Waals surface area contributed by atoms with Crippen LogP contribution in [0.2, 0.25) is 0 Å². The van der Waals surface area contributed by atoms with Crippen LogP contribution < -0.4 is 0 Å².